The van der Waals surface area contributed by atoms with E-state index in [1.165, 1.54) is 24.8 Å². The lowest BCUT2D eigenvalue weighted by molar-refractivity contribution is 0.0950. The van der Waals surface area contributed by atoms with Gasteiger partial charge in [0, 0.05) is 18.7 Å². The monoisotopic (exact) mass is 491 g/mol. The zero-order chi connectivity index (χ0) is 24.8. The highest BCUT2D eigenvalue weighted by Crippen LogP contribution is 2.22. The van der Waals surface area contributed by atoms with E-state index in [1.54, 1.807) is 42.5 Å². The van der Waals surface area contributed by atoms with Crippen molar-refractivity contribution in [1.29, 1.82) is 0 Å². The van der Waals surface area contributed by atoms with E-state index in [9.17, 15) is 13.2 Å². The number of hydrogen-bond acceptors (Lipinski definition) is 4. The Bertz CT molecular complexity index is 1280. The van der Waals surface area contributed by atoms with Crippen molar-refractivity contribution in [2.75, 3.05) is 17.8 Å². The highest BCUT2D eigenvalue weighted by molar-refractivity contribution is 7.92. The molecule has 35 heavy (non-hydrogen) atoms. The number of anilines is 1. The van der Waals surface area contributed by atoms with Gasteiger partial charge in [0.15, 0.2) is 0 Å². The number of nitrogens with zero attached hydrogens (tertiary/aromatic N) is 1. The molecule has 0 aliphatic carbocycles. The molecule has 7 heteroatoms. The van der Waals surface area contributed by atoms with Crippen LogP contribution >= 0.6 is 0 Å². The molecule has 1 amide bonds. The zero-order valence-electron chi connectivity index (χ0n) is 20.4. The number of likely N-dealkylation sites (tertiary alicyclic amines) is 1. The van der Waals surface area contributed by atoms with Crippen molar-refractivity contribution in [3.63, 3.8) is 0 Å². The summed E-state index contributed by atoms with van der Waals surface area (Å²) in [5.74, 6) is -0.242. The molecule has 0 saturated carbocycles. The van der Waals surface area contributed by atoms with Gasteiger partial charge < -0.3 is 5.32 Å². The minimum Gasteiger partial charge on any atom is -0.348 e. The Hall–Kier alpha value is -3.16. The molecule has 6 nitrogen and oxygen atoms in total. The lowest BCUT2D eigenvalue weighted by Crippen LogP contribution is -2.30. The highest BCUT2D eigenvalue weighted by atomic mass is 32.2. The van der Waals surface area contributed by atoms with E-state index in [1.807, 2.05) is 26.0 Å². The van der Waals surface area contributed by atoms with Crippen LogP contribution in [0.4, 0.5) is 5.69 Å². The Labute approximate surface area is 208 Å². The number of amides is 1. The summed E-state index contributed by atoms with van der Waals surface area (Å²) < 4.78 is 28.3. The molecule has 3 aromatic rings. The average Bonchev–Trinajstić information content (AvgIpc) is 2.85. The van der Waals surface area contributed by atoms with Gasteiger partial charge in [-0.15, -0.1) is 0 Å². The van der Waals surface area contributed by atoms with Gasteiger partial charge >= 0.3 is 0 Å². The van der Waals surface area contributed by atoms with Crippen LogP contribution in [0.3, 0.4) is 0 Å². The maximum Gasteiger partial charge on any atom is 0.261 e. The van der Waals surface area contributed by atoms with Crippen molar-refractivity contribution < 1.29 is 13.2 Å². The van der Waals surface area contributed by atoms with Crippen LogP contribution in [0, 0.1) is 13.8 Å². The van der Waals surface area contributed by atoms with Gasteiger partial charge in [-0.25, -0.2) is 8.42 Å². The van der Waals surface area contributed by atoms with Crippen molar-refractivity contribution in [2.24, 2.45) is 0 Å². The molecule has 1 heterocycles. The second-order valence-electron chi connectivity index (χ2n) is 9.24. The topological polar surface area (TPSA) is 78.5 Å². The Morgan fingerprint density at radius 1 is 0.886 bits per heavy atom. The first-order valence-corrected chi connectivity index (χ1v) is 13.6. The predicted molar refractivity (Wildman–Crippen MR) is 140 cm³/mol. The molecule has 2 N–H and O–H groups in total. The molecule has 1 saturated heterocycles. The van der Waals surface area contributed by atoms with E-state index in [0.29, 0.717) is 17.8 Å². The molecule has 1 aliphatic heterocycles. The Kier molecular flexibility index (Phi) is 7.88. The van der Waals surface area contributed by atoms with Gasteiger partial charge in [-0.2, -0.15) is 0 Å². The lowest BCUT2D eigenvalue weighted by Gasteiger charge is -2.27. The summed E-state index contributed by atoms with van der Waals surface area (Å²) in [4.78, 5) is 15.6. The average molecular weight is 492 g/mol. The van der Waals surface area contributed by atoms with Crippen molar-refractivity contribution in [3.8, 4) is 0 Å². The smallest absolute Gasteiger partial charge is 0.261 e. The minimum absolute atomic E-state index is 0.183. The third kappa shape index (κ3) is 6.50. The maximum atomic E-state index is 13.0. The van der Waals surface area contributed by atoms with Crippen molar-refractivity contribution >= 4 is 21.6 Å². The van der Waals surface area contributed by atoms with Gasteiger partial charge in [-0.3, -0.25) is 14.4 Å². The van der Waals surface area contributed by atoms with Crippen LogP contribution in [0.5, 0.6) is 0 Å². The summed E-state index contributed by atoms with van der Waals surface area (Å²) in [6, 6.07) is 19.9. The maximum absolute atomic E-state index is 13.0. The van der Waals surface area contributed by atoms with Crippen LogP contribution < -0.4 is 10.0 Å². The zero-order valence-corrected chi connectivity index (χ0v) is 21.2. The predicted octanol–water partition coefficient (Wildman–Crippen LogP) is 5.02. The van der Waals surface area contributed by atoms with Gasteiger partial charge in [-0.1, -0.05) is 54.4 Å². The third-order valence-corrected chi connectivity index (χ3v) is 7.86. The fraction of sp³-hybridized carbons (Fsp3) is 0.321. The second kappa shape index (κ2) is 11.1. The molecule has 1 fully saturated rings. The van der Waals surface area contributed by atoms with Gasteiger partial charge in [0.2, 0.25) is 0 Å². The van der Waals surface area contributed by atoms with E-state index < -0.39 is 10.0 Å². The number of rotatable bonds is 8. The van der Waals surface area contributed by atoms with Crippen LogP contribution in [-0.2, 0) is 23.1 Å². The van der Waals surface area contributed by atoms with Crippen LogP contribution in [-0.4, -0.2) is 32.3 Å². The molecule has 184 valence electrons. The summed E-state index contributed by atoms with van der Waals surface area (Å²) in [5, 5.41) is 3.01. The van der Waals surface area contributed by atoms with Crippen molar-refractivity contribution in [2.45, 2.75) is 51.1 Å². The molecule has 3 aromatic carbocycles. The molecule has 0 bridgehead atoms. The molecule has 4 rings (SSSR count). The molecule has 0 aromatic heterocycles. The van der Waals surface area contributed by atoms with Crippen LogP contribution in [0.1, 0.15) is 51.9 Å². The largest absolute Gasteiger partial charge is 0.348 e. The number of carbonyl (C=O) groups excluding carboxylic acids is 1. The second-order valence-corrected chi connectivity index (χ2v) is 10.9. The van der Waals surface area contributed by atoms with E-state index in [2.05, 4.69) is 27.1 Å². The van der Waals surface area contributed by atoms with E-state index in [-0.39, 0.29) is 10.8 Å². The van der Waals surface area contributed by atoms with Crippen LogP contribution in [0.15, 0.2) is 71.6 Å². The molecule has 0 atom stereocenters. The fourth-order valence-electron chi connectivity index (χ4n) is 4.31. The Balaban J connectivity index is 1.44. The molecule has 0 spiro atoms. The number of carbonyl (C=O) groups is 1. The van der Waals surface area contributed by atoms with Gasteiger partial charge in [0.05, 0.1) is 10.6 Å². The molecule has 1 aliphatic rings. The van der Waals surface area contributed by atoms with Gasteiger partial charge in [-0.05, 0) is 80.7 Å². The summed E-state index contributed by atoms with van der Waals surface area (Å²) in [7, 11) is -3.76. The summed E-state index contributed by atoms with van der Waals surface area (Å²) in [6.45, 7) is 7.26. The SMILES string of the molecule is Cc1ccc(S(=O)(=O)Nc2cc(C(=O)NCc3ccccc3CN3CCCCC3)ccc2C)cc1. The van der Waals surface area contributed by atoms with E-state index in [4.69, 9.17) is 0 Å². The Morgan fingerprint density at radius 3 is 2.29 bits per heavy atom. The molecular weight excluding hydrogens is 458 g/mol. The highest BCUT2D eigenvalue weighted by Gasteiger charge is 2.17. The lowest BCUT2D eigenvalue weighted by atomic mass is 10.0. The number of nitrogens with one attached hydrogen (secondary N) is 2. The quantitative estimate of drug-likeness (QED) is 0.464. The number of sulfonamides is 1. The fourth-order valence-corrected chi connectivity index (χ4v) is 5.44. The Morgan fingerprint density at radius 2 is 1.57 bits per heavy atom. The normalized spacial score (nSPS) is 14.5. The standard InChI is InChI=1S/C28H33N3O3S/c1-21-10-14-26(15-11-21)35(33,34)30-27-18-23(13-12-22(27)2)28(32)29-19-24-8-4-5-9-25(24)20-31-16-6-3-7-17-31/h4-5,8-15,18,30H,3,6-7,16-17,19-20H2,1-2H3,(H,29,32). The number of hydrogen-bond donors (Lipinski definition) is 2. The first-order valence-electron chi connectivity index (χ1n) is 12.1. The third-order valence-electron chi connectivity index (χ3n) is 6.48. The number of aryl methyl sites for hydroxylation is 2. The van der Waals surface area contributed by atoms with Crippen molar-refractivity contribution in [1.82, 2.24) is 10.2 Å². The molecule has 0 unspecified atom stereocenters. The van der Waals surface area contributed by atoms with Gasteiger partial charge in [0.1, 0.15) is 0 Å². The van der Waals surface area contributed by atoms with Crippen LogP contribution in [0.25, 0.3) is 0 Å². The van der Waals surface area contributed by atoms with Gasteiger partial charge in [0.25, 0.3) is 15.9 Å². The van der Waals surface area contributed by atoms with Crippen molar-refractivity contribution in [3.05, 3.63) is 94.5 Å². The minimum atomic E-state index is -3.76. The van der Waals surface area contributed by atoms with E-state index in [0.717, 1.165) is 36.3 Å². The van der Waals surface area contributed by atoms with Crippen LogP contribution in [0.2, 0.25) is 0 Å². The first-order chi connectivity index (χ1) is 16.8. The number of piperidine rings is 1. The number of benzene rings is 3. The summed E-state index contributed by atoms with van der Waals surface area (Å²) >= 11 is 0. The van der Waals surface area contributed by atoms with E-state index >= 15 is 0 Å². The molecule has 0 radical (unpaired) electrons. The summed E-state index contributed by atoms with van der Waals surface area (Å²) in [6.07, 6.45) is 3.78. The first kappa shape index (κ1) is 24.9. The summed E-state index contributed by atoms with van der Waals surface area (Å²) in [5.41, 5.74) is 4.85. The molecular formula is C28H33N3O3S.